The van der Waals surface area contributed by atoms with Crippen molar-refractivity contribution in [3.63, 3.8) is 0 Å². The Morgan fingerprint density at radius 2 is 0.983 bits per heavy atom. The van der Waals surface area contributed by atoms with E-state index in [-0.39, 0.29) is 42.7 Å². The van der Waals surface area contributed by atoms with Crippen molar-refractivity contribution in [3.05, 3.63) is 122 Å². The summed E-state index contributed by atoms with van der Waals surface area (Å²) in [5, 5.41) is 9.62. The van der Waals surface area contributed by atoms with Gasteiger partial charge in [-0.25, -0.2) is 4.79 Å². The average Bonchev–Trinajstić information content (AvgIpc) is 3.21. The molecule has 0 radical (unpaired) electrons. The van der Waals surface area contributed by atoms with Crippen LogP contribution in [0.1, 0.15) is 136 Å². The first-order valence-electron chi connectivity index (χ1n) is 22.6. The van der Waals surface area contributed by atoms with E-state index in [2.05, 4.69) is 123 Å². The Balaban J connectivity index is 4.48. The predicted octanol–water partition coefficient (Wildman–Crippen LogP) is 12.6. The van der Waals surface area contributed by atoms with E-state index in [1.807, 2.05) is 33.3 Å². The molecule has 60 heavy (non-hydrogen) atoms. The van der Waals surface area contributed by atoms with Gasteiger partial charge in [-0.15, -0.1) is 0 Å². The van der Waals surface area contributed by atoms with Gasteiger partial charge in [0.05, 0.1) is 34.4 Å². The molecule has 1 N–H and O–H groups in total. The summed E-state index contributed by atoms with van der Waals surface area (Å²) in [6, 6.07) is -0.636. The summed E-state index contributed by atoms with van der Waals surface area (Å²) in [6.07, 6.45) is 58.3. The van der Waals surface area contributed by atoms with E-state index in [0.717, 1.165) is 96.3 Å². The fourth-order valence-corrected chi connectivity index (χ4v) is 5.73. The number of rotatable bonds is 38. The molecule has 0 rings (SSSR count). The molecule has 8 nitrogen and oxygen atoms in total. The van der Waals surface area contributed by atoms with Gasteiger partial charge in [-0.2, -0.15) is 0 Å². The largest absolute Gasteiger partial charge is 0.477 e. The molecule has 0 aromatic carbocycles. The number of quaternary nitrogens is 1. The molecule has 336 valence electrons. The van der Waals surface area contributed by atoms with E-state index in [9.17, 15) is 19.5 Å². The maximum Gasteiger partial charge on any atom is 0.362 e. The highest BCUT2D eigenvalue weighted by atomic mass is 16.6. The first-order chi connectivity index (χ1) is 29.1. The van der Waals surface area contributed by atoms with Crippen molar-refractivity contribution in [2.75, 3.05) is 41.0 Å². The van der Waals surface area contributed by atoms with Gasteiger partial charge in [0.25, 0.3) is 0 Å². The molecular weight excluding hydrogens is 751 g/mol. The Hall–Kier alpha value is -4.27. The van der Waals surface area contributed by atoms with Crippen LogP contribution in [-0.4, -0.2) is 80.6 Å². The zero-order chi connectivity index (χ0) is 44.2. The van der Waals surface area contributed by atoms with Crippen molar-refractivity contribution in [1.82, 2.24) is 0 Å². The van der Waals surface area contributed by atoms with E-state index in [0.29, 0.717) is 19.3 Å². The summed E-state index contributed by atoms with van der Waals surface area (Å²) >= 11 is 0. The zero-order valence-corrected chi connectivity index (χ0v) is 38.1. The lowest BCUT2D eigenvalue weighted by Crippen LogP contribution is -2.50. The zero-order valence-electron chi connectivity index (χ0n) is 38.1. The highest BCUT2D eigenvalue weighted by molar-refractivity contribution is 5.72. The van der Waals surface area contributed by atoms with E-state index >= 15 is 0 Å². The summed E-state index contributed by atoms with van der Waals surface area (Å²) in [5.41, 5.74) is 0. The van der Waals surface area contributed by atoms with Gasteiger partial charge in [0.15, 0.2) is 12.1 Å². The summed E-state index contributed by atoms with van der Waals surface area (Å²) in [7, 11) is 5.48. The lowest BCUT2D eigenvalue weighted by Gasteiger charge is -2.31. The Kier molecular flexibility index (Phi) is 38.5. The Bertz CT molecular complexity index is 1390. The molecule has 0 amide bonds. The minimum atomic E-state index is -0.894. The van der Waals surface area contributed by atoms with Crippen molar-refractivity contribution in [3.8, 4) is 0 Å². The SMILES string of the molecule is CC/C=C/C=C/C=C/CCCCCCCC(=O)OCC(COCCC(C(=O)O)[N+](C)(C)C)OC(=O)CCC/C=C/C/C=C/C/C=C/C/C=C/C/C=C/C/C=C/C/C=C/CC. The number of allylic oxidation sites excluding steroid dienone is 20. The number of ether oxygens (including phenoxy) is 3. The van der Waals surface area contributed by atoms with Gasteiger partial charge in [-0.3, -0.25) is 9.59 Å². The number of carbonyl (C=O) groups is 3. The number of hydrogen-bond donors (Lipinski definition) is 1. The lowest BCUT2D eigenvalue weighted by atomic mass is 10.1. The normalized spacial score (nSPS) is 14.1. The van der Waals surface area contributed by atoms with Crippen molar-refractivity contribution >= 4 is 17.9 Å². The predicted molar refractivity (Wildman–Crippen MR) is 252 cm³/mol. The molecule has 0 aromatic rings. The average molecular weight is 833 g/mol. The summed E-state index contributed by atoms with van der Waals surface area (Å²) in [4.78, 5) is 37.0. The van der Waals surface area contributed by atoms with Crippen LogP contribution in [-0.2, 0) is 28.6 Å². The van der Waals surface area contributed by atoms with Crippen LogP contribution >= 0.6 is 0 Å². The first-order valence-corrected chi connectivity index (χ1v) is 22.6. The molecule has 0 heterocycles. The number of unbranched alkanes of at least 4 members (excludes halogenated alkanes) is 6. The molecular formula is C52H82NO7+. The van der Waals surface area contributed by atoms with Crippen molar-refractivity contribution in [2.45, 2.75) is 148 Å². The van der Waals surface area contributed by atoms with Crippen LogP contribution in [0.15, 0.2) is 122 Å². The first kappa shape index (κ1) is 55.7. The van der Waals surface area contributed by atoms with Crippen LogP contribution in [0.5, 0.6) is 0 Å². The molecule has 0 aliphatic heterocycles. The smallest absolute Gasteiger partial charge is 0.362 e. The van der Waals surface area contributed by atoms with Crippen LogP contribution in [0.4, 0.5) is 0 Å². The molecule has 0 fully saturated rings. The number of carboxylic acids is 1. The van der Waals surface area contributed by atoms with Gasteiger partial charge in [-0.1, -0.05) is 155 Å². The number of carbonyl (C=O) groups excluding carboxylic acids is 2. The molecule has 0 aliphatic carbocycles. The summed E-state index contributed by atoms with van der Waals surface area (Å²) in [5.74, 6) is -1.59. The Labute approximate surface area is 365 Å². The molecule has 0 aliphatic rings. The molecule has 0 spiro atoms. The van der Waals surface area contributed by atoms with Crippen molar-refractivity contribution < 1.29 is 38.2 Å². The Morgan fingerprint density at radius 1 is 0.517 bits per heavy atom. The molecule has 0 saturated heterocycles. The second-order valence-corrected chi connectivity index (χ2v) is 15.6. The number of hydrogen-bond acceptors (Lipinski definition) is 6. The topological polar surface area (TPSA) is 99.1 Å². The van der Waals surface area contributed by atoms with Gasteiger partial charge in [-0.05, 0) is 83.5 Å². The van der Waals surface area contributed by atoms with Gasteiger partial charge < -0.3 is 23.8 Å². The monoisotopic (exact) mass is 833 g/mol. The van der Waals surface area contributed by atoms with Crippen molar-refractivity contribution in [1.29, 1.82) is 0 Å². The molecule has 0 saturated carbocycles. The third kappa shape index (κ3) is 39.2. The van der Waals surface area contributed by atoms with Gasteiger partial charge in [0, 0.05) is 19.3 Å². The second-order valence-electron chi connectivity index (χ2n) is 15.6. The standard InChI is InChI=1S/C52H81NO7/c1-6-8-10-12-14-16-18-20-21-22-23-24-25-26-27-28-29-31-33-35-37-39-41-43-51(55)60-48(46-58-45-44-49(52(56)57)53(3,4)5)47-59-50(54)42-40-38-36-34-32-30-19-17-15-13-11-9-7-2/h8-11,13-17,19-21,23-24,26-27,29,31,35,37,48-49H,6-7,12,18,22,25,28,30,32-34,36,38-47H2,1-5H3/p+1/b10-8+,11-9+,15-13+,16-14+,19-17+,21-20+,24-23+,27-26+,31-29+,37-35+. The molecule has 0 aromatic heterocycles. The lowest BCUT2D eigenvalue weighted by molar-refractivity contribution is -0.887. The van der Waals surface area contributed by atoms with Crippen LogP contribution in [0.3, 0.4) is 0 Å². The van der Waals surface area contributed by atoms with Crippen LogP contribution in [0, 0.1) is 0 Å². The third-order valence-electron chi connectivity index (χ3n) is 9.17. The highest BCUT2D eigenvalue weighted by Gasteiger charge is 2.31. The number of nitrogens with zero attached hydrogens (tertiary/aromatic N) is 1. The van der Waals surface area contributed by atoms with Crippen molar-refractivity contribution in [2.24, 2.45) is 0 Å². The van der Waals surface area contributed by atoms with E-state index in [1.165, 1.54) is 0 Å². The molecule has 2 atom stereocenters. The summed E-state index contributed by atoms with van der Waals surface area (Å²) < 4.78 is 17.2. The van der Waals surface area contributed by atoms with Crippen LogP contribution in [0.25, 0.3) is 0 Å². The molecule has 0 bridgehead atoms. The van der Waals surface area contributed by atoms with E-state index in [1.54, 1.807) is 0 Å². The number of aliphatic carboxylic acids is 1. The second kappa shape index (κ2) is 41.5. The molecule has 8 heteroatoms. The van der Waals surface area contributed by atoms with E-state index in [4.69, 9.17) is 14.2 Å². The van der Waals surface area contributed by atoms with Gasteiger partial charge in [0.2, 0.25) is 0 Å². The maximum absolute atomic E-state index is 12.7. The number of esters is 2. The third-order valence-corrected chi connectivity index (χ3v) is 9.17. The van der Waals surface area contributed by atoms with Gasteiger partial charge in [0.1, 0.15) is 6.61 Å². The molecule has 2 unspecified atom stereocenters. The Morgan fingerprint density at radius 3 is 1.52 bits per heavy atom. The van der Waals surface area contributed by atoms with Crippen LogP contribution < -0.4 is 0 Å². The number of carboxylic acid groups (broad SMARTS) is 1. The minimum Gasteiger partial charge on any atom is -0.477 e. The fraction of sp³-hybridized carbons (Fsp3) is 0.558. The van der Waals surface area contributed by atoms with Crippen LogP contribution in [0.2, 0.25) is 0 Å². The van der Waals surface area contributed by atoms with Gasteiger partial charge >= 0.3 is 17.9 Å². The van der Waals surface area contributed by atoms with E-state index < -0.39 is 18.1 Å². The minimum absolute atomic E-state index is 0.0219. The summed E-state index contributed by atoms with van der Waals surface area (Å²) in [6.45, 7) is 4.37. The quantitative estimate of drug-likeness (QED) is 0.0217. The number of likely N-dealkylation sites (N-methyl/N-ethyl adjacent to an activating group) is 1. The highest BCUT2D eigenvalue weighted by Crippen LogP contribution is 2.12. The fourth-order valence-electron chi connectivity index (χ4n) is 5.73. The maximum atomic E-state index is 12.7.